The van der Waals surface area contributed by atoms with Gasteiger partial charge in [0.15, 0.2) is 0 Å². The number of carbonyl (C=O) groups excluding carboxylic acids is 2. The van der Waals surface area contributed by atoms with Crippen molar-refractivity contribution in [2.75, 3.05) is 6.54 Å². The highest BCUT2D eigenvalue weighted by Crippen LogP contribution is 2.28. The second-order valence-electron chi connectivity index (χ2n) is 5.33. The third-order valence-electron chi connectivity index (χ3n) is 3.27. The second kappa shape index (κ2) is 8.11. The Balaban J connectivity index is 2.00. The Morgan fingerprint density at radius 2 is 1.89 bits per heavy atom. The molecule has 0 aromatic carbocycles. The van der Waals surface area contributed by atoms with Crippen molar-refractivity contribution in [2.45, 2.75) is 64.9 Å². The molecule has 0 saturated heterocycles. The summed E-state index contributed by atoms with van der Waals surface area (Å²) in [7, 11) is 0. The lowest BCUT2D eigenvalue weighted by molar-refractivity contribution is -0.147. The first-order valence-electron chi connectivity index (χ1n) is 7.04. The number of nitrogens with one attached hydrogen (secondary N) is 1. The van der Waals surface area contributed by atoms with Crippen LogP contribution >= 0.6 is 0 Å². The molecule has 104 valence electrons. The molecular formula is C14H25NO3. The van der Waals surface area contributed by atoms with Gasteiger partial charge < -0.3 is 10.1 Å². The summed E-state index contributed by atoms with van der Waals surface area (Å²) in [6.07, 6.45) is 6.91. The van der Waals surface area contributed by atoms with E-state index < -0.39 is 0 Å². The minimum absolute atomic E-state index is 0.0549. The zero-order valence-electron chi connectivity index (χ0n) is 11.5. The van der Waals surface area contributed by atoms with E-state index in [1.54, 1.807) is 0 Å². The molecule has 18 heavy (non-hydrogen) atoms. The van der Waals surface area contributed by atoms with Crippen LogP contribution in [0.25, 0.3) is 0 Å². The molecule has 1 saturated carbocycles. The Labute approximate surface area is 109 Å². The van der Waals surface area contributed by atoms with E-state index in [4.69, 9.17) is 4.74 Å². The van der Waals surface area contributed by atoms with Gasteiger partial charge in [-0.25, -0.2) is 0 Å². The van der Waals surface area contributed by atoms with E-state index >= 15 is 0 Å². The molecule has 0 aromatic heterocycles. The van der Waals surface area contributed by atoms with Gasteiger partial charge in [-0.15, -0.1) is 0 Å². The Bertz CT molecular complexity index is 270. The van der Waals surface area contributed by atoms with Gasteiger partial charge in [-0.05, 0) is 26.2 Å². The van der Waals surface area contributed by atoms with Gasteiger partial charge in [0.2, 0.25) is 5.91 Å². The van der Waals surface area contributed by atoms with Crippen LogP contribution in [0.1, 0.15) is 58.8 Å². The molecule has 4 nitrogen and oxygen atoms in total. The summed E-state index contributed by atoms with van der Waals surface area (Å²) in [5.74, 6) is 0.544. The second-order valence-corrected chi connectivity index (χ2v) is 5.33. The third-order valence-corrected chi connectivity index (χ3v) is 3.27. The maximum Gasteiger partial charge on any atom is 0.307 e. The predicted octanol–water partition coefficient (Wildman–Crippen LogP) is 2.41. The fourth-order valence-corrected chi connectivity index (χ4v) is 2.35. The van der Waals surface area contributed by atoms with Crippen LogP contribution in [0.3, 0.4) is 0 Å². The topological polar surface area (TPSA) is 55.4 Å². The first kappa shape index (κ1) is 15.0. The van der Waals surface area contributed by atoms with E-state index in [0.29, 0.717) is 13.0 Å². The Hall–Kier alpha value is -1.06. The van der Waals surface area contributed by atoms with E-state index in [1.807, 2.05) is 13.8 Å². The molecule has 0 aliphatic heterocycles. The van der Waals surface area contributed by atoms with Gasteiger partial charge >= 0.3 is 5.97 Å². The van der Waals surface area contributed by atoms with Crippen molar-refractivity contribution in [1.82, 2.24) is 5.32 Å². The highest BCUT2D eigenvalue weighted by atomic mass is 16.5. The van der Waals surface area contributed by atoms with Crippen LogP contribution in [0, 0.1) is 5.92 Å². The van der Waals surface area contributed by atoms with E-state index in [2.05, 4.69) is 5.32 Å². The highest BCUT2D eigenvalue weighted by molar-refractivity contribution is 5.77. The van der Waals surface area contributed by atoms with Crippen molar-refractivity contribution < 1.29 is 14.3 Å². The van der Waals surface area contributed by atoms with E-state index in [1.165, 1.54) is 25.7 Å². The van der Waals surface area contributed by atoms with Crippen LogP contribution in [0.5, 0.6) is 0 Å². The van der Waals surface area contributed by atoms with Crippen LogP contribution in [-0.4, -0.2) is 24.5 Å². The van der Waals surface area contributed by atoms with Gasteiger partial charge in [-0.3, -0.25) is 9.59 Å². The number of rotatable bonds is 7. The maximum atomic E-state index is 11.5. The van der Waals surface area contributed by atoms with Crippen LogP contribution in [-0.2, 0) is 14.3 Å². The summed E-state index contributed by atoms with van der Waals surface area (Å²) in [6, 6.07) is 0. The molecule has 4 heteroatoms. The quantitative estimate of drug-likeness (QED) is 0.711. The molecule has 0 aromatic rings. The van der Waals surface area contributed by atoms with Crippen LogP contribution in [0.4, 0.5) is 0 Å². The Kier molecular flexibility index (Phi) is 6.76. The monoisotopic (exact) mass is 255 g/mol. The lowest BCUT2D eigenvalue weighted by atomic mass is 10.0. The molecule has 1 amide bonds. The van der Waals surface area contributed by atoms with Crippen molar-refractivity contribution in [3.05, 3.63) is 0 Å². The first-order valence-corrected chi connectivity index (χ1v) is 7.04. The molecule has 0 spiro atoms. The number of esters is 1. The SMILES string of the molecule is CC(C)OC(=O)CCNC(=O)CCC1CCCC1. The maximum absolute atomic E-state index is 11.5. The van der Waals surface area contributed by atoms with Crippen LogP contribution in [0.2, 0.25) is 0 Å². The summed E-state index contributed by atoms with van der Waals surface area (Å²) in [5.41, 5.74) is 0. The Morgan fingerprint density at radius 3 is 2.50 bits per heavy atom. The fraction of sp³-hybridized carbons (Fsp3) is 0.857. The van der Waals surface area contributed by atoms with Gasteiger partial charge in [-0.2, -0.15) is 0 Å². The number of hydrogen-bond acceptors (Lipinski definition) is 3. The normalized spacial score (nSPS) is 15.9. The van der Waals surface area contributed by atoms with Crippen LogP contribution in [0.15, 0.2) is 0 Å². The predicted molar refractivity (Wildman–Crippen MR) is 70.0 cm³/mol. The molecule has 1 aliphatic carbocycles. The largest absolute Gasteiger partial charge is 0.463 e. The van der Waals surface area contributed by atoms with Crippen LogP contribution < -0.4 is 5.32 Å². The van der Waals surface area contributed by atoms with Crippen molar-refractivity contribution in [1.29, 1.82) is 0 Å². The van der Waals surface area contributed by atoms with Crippen molar-refractivity contribution in [3.8, 4) is 0 Å². The molecule has 0 atom stereocenters. The minimum Gasteiger partial charge on any atom is -0.463 e. The summed E-state index contributed by atoms with van der Waals surface area (Å²) in [5, 5.41) is 2.77. The molecule has 1 N–H and O–H groups in total. The standard InChI is InChI=1S/C14H25NO3/c1-11(2)18-14(17)9-10-15-13(16)8-7-12-5-3-4-6-12/h11-12H,3-10H2,1-2H3,(H,15,16). The van der Waals surface area contributed by atoms with Crippen molar-refractivity contribution in [3.63, 3.8) is 0 Å². The van der Waals surface area contributed by atoms with Gasteiger partial charge in [0.1, 0.15) is 0 Å². The van der Waals surface area contributed by atoms with E-state index in [-0.39, 0.29) is 24.4 Å². The third kappa shape index (κ3) is 6.62. The molecule has 0 unspecified atom stereocenters. The number of hydrogen-bond donors (Lipinski definition) is 1. The van der Waals surface area contributed by atoms with Gasteiger partial charge in [0.25, 0.3) is 0 Å². The zero-order chi connectivity index (χ0) is 13.4. The lowest BCUT2D eigenvalue weighted by Crippen LogP contribution is -2.27. The van der Waals surface area contributed by atoms with Gasteiger partial charge in [0, 0.05) is 13.0 Å². The zero-order valence-corrected chi connectivity index (χ0v) is 11.5. The molecule has 1 fully saturated rings. The highest BCUT2D eigenvalue weighted by Gasteiger charge is 2.16. The van der Waals surface area contributed by atoms with Gasteiger partial charge in [-0.1, -0.05) is 25.7 Å². The van der Waals surface area contributed by atoms with Gasteiger partial charge in [0.05, 0.1) is 12.5 Å². The fourth-order valence-electron chi connectivity index (χ4n) is 2.35. The number of amides is 1. The summed E-state index contributed by atoms with van der Waals surface area (Å²) >= 11 is 0. The summed E-state index contributed by atoms with van der Waals surface area (Å²) in [4.78, 5) is 22.8. The molecule has 1 aliphatic rings. The molecular weight excluding hydrogens is 230 g/mol. The smallest absolute Gasteiger partial charge is 0.307 e. The summed E-state index contributed by atoms with van der Waals surface area (Å²) < 4.78 is 4.98. The first-order chi connectivity index (χ1) is 8.58. The molecule has 0 bridgehead atoms. The van der Waals surface area contributed by atoms with Crippen molar-refractivity contribution in [2.24, 2.45) is 5.92 Å². The average molecular weight is 255 g/mol. The lowest BCUT2D eigenvalue weighted by Gasteiger charge is -2.10. The average Bonchev–Trinajstić information content (AvgIpc) is 2.78. The summed E-state index contributed by atoms with van der Waals surface area (Å²) in [6.45, 7) is 4.02. The van der Waals surface area contributed by atoms with Crippen molar-refractivity contribution >= 4 is 11.9 Å². The number of ether oxygens (including phenoxy) is 1. The van der Waals surface area contributed by atoms with E-state index in [0.717, 1.165) is 12.3 Å². The molecule has 1 rings (SSSR count). The molecule has 0 heterocycles. The number of carbonyl (C=O) groups is 2. The Morgan fingerprint density at radius 1 is 1.22 bits per heavy atom. The molecule has 0 radical (unpaired) electrons. The minimum atomic E-state index is -0.249. The van der Waals surface area contributed by atoms with E-state index in [9.17, 15) is 9.59 Å².